The Bertz CT molecular complexity index is 117. The summed E-state index contributed by atoms with van der Waals surface area (Å²) < 4.78 is 4.41. The van der Waals surface area contributed by atoms with Gasteiger partial charge in [0.05, 0.1) is 6.61 Å². The van der Waals surface area contributed by atoms with Crippen LogP contribution in [0.3, 0.4) is 0 Å². The number of nitrogens with one attached hydrogen (secondary N) is 1. The zero-order chi connectivity index (χ0) is 7.28. The maximum Gasteiger partial charge on any atom is 0.348 e. The molecule has 0 rings (SSSR count). The fraction of sp³-hybridized carbons (Fsp3) is 0.750. The number of ether oxygens (including phenoxy) is 1. The molecule has 0 aromatic carbocycles. The SMILES string of the molecule is CCOC(=O)C(Cl)N=N. The molecule has 0 aromatic rings. The first-order valence-corrected chi connectivity index (χ1v) is 2.83. The van der Waals surface area contributed by atoms with E-state index in [-0.39, 0.29) is 6.61 Å². The molecule has 0 saturated carbocycles. The van der Waals surface area contributed by atoms with Crippen molar-refractivity contribution in [3.63, 3.8) is 0 Å². The summed E-state index contributed by atoms with van der Waals surface area (Å²) in [6, 6.07) is 0. The van der Waals surface area contributed by atoms with Crippen LogP contribution in [0.5, 0.6) is 0 Å². The van der Waals surface area contributed by atoms with Crippen molar-refractivity contribution in [3.8, 4) is 0 Å². The van der Waals surface area contributed by atoms with Gasteiger partial charge in [-0.05, 0) is 6.92 Å². The third kappa shape index (κ3) is 3.03. The van der Waals surface area contributed by atoms with Gasteiger partial charge in [0, 0.05) is 0 Å². The summed E-state index contributed by atoms with van der Waals surface area (Å²) in [6.45, 7) is 1.92. The van der Waals surface area contributed by atoms with Crippen molar-refractivity contribution < 1.29 is 9.53 Å². The van der Waals surface area contributed by atoms with Crippen molar-refractivity contribution in [2.24, 2.45) is 5.11 Å². The molecule has 0 aliphatic carbocycles. The zero-order valence-corrected chi connectivity index (χ0v) is 5.68. The predicted octanol–water partition coefficient (Wildman–Crippen LogP) is 1.15. The third-order valence-corrected chi connectivity index (χ3v) is 0.870. The highest BCUT2D eigenvalue weighted by atomic mass is 35.5. The summed E-state index contributed by atoms with van der Waals surface area (Å²) in [4.78, 5) is 10.4. The highest BCUT2D eigenvalue weighted by Gasteiger charge is 2.13. The van der Waals surface area contributed by atoms with Crippen molar-refractivity contribution in [2.75, 3.05) is 6.61 Å². The van der Waals surface area contributed by atoms with Crippen LogP contribution in [0.1, 0.15) is 6.92 Å². The number of alkyl halides is 1. The van der Waals surface area contributed by atoms with Crippen LogP contribution in [0.2, 0.25) is 0 Å². The molecule has 0 amide bonds. The summed E-state index contributed by atoms with van der Waals surface area (Å²) in [5.74, 6) is -0.672. The molecule has 0 aromatic heterocycles. The number of halogens is 1. The second kappa shape index (κ2) is 4.26. The minimum absolute atomic E-state index is 0.261. The Morgan fingerprint density at radius 1 is 2.00 bits per heavy atom. The van der Waals surface area contributed by atoms with E-state index < -0.39 is 11.5 Å². The van der Waals surface area contributed by atoms with Crippen molar-refractivity contribution in [1.82, 2.24) is 0 Å². The minimum Gasteiger partial charge on any atom is -0.463 e. The Hall–Kier alpha value is -0.640. The van der Waals surface area contributed by atoms with Crippen LogP contribution < -0.4 is 0 Å². The molecule has 0 bridgehead atoms. The van der Waals surface area contributed by atoms with E-state index in [0.29, 0.717) is 0 Å². The van der Waals surface area contributed by atoms with E-state index >= 15 is 0 Å². The van der Waals surface area contributed by atoms with Gasteiger partial charge in [0.15, 0.2) is 0 Å². The molecule has 52 valence electrons. The van der Waals surface area contributed by atoms with Gasteiger partial charge in [-0.25, -0.2) is 10.3 Å². The van der Waals surface area contributed by atoms with Crippen molar-refractivity contribution in [2.45, 2.75) is 12.4 Å². The Labute approximate surface area is 57.6 Å². The van der Waals surface area contributed by atoms with Gasteiger partial charge in [0.2, 0.25) is 5.50 Å². The van der Waals surface area contributed by atoms with Gasteiger partial charge >= 0.3 is 5.97 Å². The van der Waals surface area contributed by atoms with Crippen LogP contribution in [0.25, 0.3) is 0 Å². The molecule has 0 radical (unpaired) electrons. The third-order valence-electron chi connectivity index (χ3n) is 0.594. The van der Waals surface area contributed by atoms with Gasteiger partial charge < -0.3 is 4.74 Å². The summed E-state index contributed by atoms with van der Waals surface area (Å²) in [7, 11) is 0. The van der Waals surface area contributed by atoms with Gasteiger partial charge in [0.1, 0.15) is 0 Å². The molecule has 1 atom stereocenters. The Balaban J connectivity index is 3.58. The largest absolute Gasteiger partial charge is 0.463 e. The molecule has 9 heavy (non-hydrogen) atoms. The monoisotopic (exact) mass is 150 g/mol. The first-order chi connectivity index (χ1) is 4.22. The molecular formula is C4H7ClN2O2. The Morgan fingerprint density at radius 2 is 2.56 bits per heavy atom. The lowest BCUT2D eigenvalue weighted by atomic mass is 10.7. The van der Waals surface area contributed by atoms with E-state index in [0.717, 1.165) is 0 Å². The minimum atomic E-state index is -1.18. The van der Waals surface area contributed by atoms with E-state index in [4.69, 9.17) is 17.1 Å². The van der Waals surface area contributed by atoms with Crippen molar-refractivity contribution in [1.29, 1.82) is 5.53 Å². The molecule has 0 spiro atoms. The fourth-order valence-electron chi connectivity index (χ4n) is 0.264. The highest BCUT2D eigenvalue weighted by Crippen LogP contribution is 1.98. The van der Waals surface area contributed by atoms with E-state index in [1.54, 1.807) is 6.92 Å². The smallest absolute Gasteiger partial charge is 0.348 e. The van der Waals surface area contributed by atoms with Gasteiger partial charge in [-0.15, -0.1) is 0 Å². The second-order valence-corrected chi connectivity index (χ2v) is 1.63. The molecule has 0 aliphatic heterocycles. The number of carbonyl (C=O) groups excluding carboxylic acids is 1. The summed E-state index contributed by atoms with van der Waals surface area (Å²) >= 11 is 5.17. The maximum atomic E-state index is 10.4. The molecule has 4 nitrogen and oxygen atoms in total. The number of nitrogens with zero attached hydrogens (tertiary/aromatic N) is 1. The van der Waals surface area contributed by atoms with Crippen LogP contribution >= 0.6 is 11.6 Å². The fourth-order valence-corrected chi connectivity index (χ4v) is 0.327. The number of esters is 1. The van der Waals surface area contributed by atoms with Crippen LogP contribution in [0, 0.1) is 5.53 Å². The second-order valence-electron chi connectivity index (χ2n) is 1.22. The van der Waals surface area contributed by atoms with Gasteiger partial charge in [-0.1, -0.05) is 11.6 Å². The molecule has 1 unspecified atom stereocenters. The molecule has 0 aliphatic rings. The predicted molar refractivity (Wildman–Crippen MR) is 31.4 cm³/mol. The molecule has 5 heteroatoms. The zero-order valence-electron chi connectivity index (χ0n) is 4.93. The summed E-state index contributed by atoms with van der Waals surface area (Å²) in [5.41, 5.74) is 5.13. The molecule has 0 heterocycles. The maximum absolute atomic E-state index is 10.4. The normalized spacial score (nSPS) is 12.2. The van der Waals surface area contributed by atoms with Crippen LogP contribution in [0.4, 0.5) is 0 Å². The first kappa shape index (κ1) is 8.36. The van der Waals surface area contributed by atoms with E-state index in [1.807, 2.05) is 0 Å². The first-order valence-electron chi connectivity index (χ1n) is 2.39. The van der Waals surface area contributed by atoms with Gasteiger partial charge in [0.25, 0.3) is 0 Å². The van der Waals surface area contributed by atoms with Crippen molar-refractivity contribution >= 4 is 17.6 Å². The van der Waals surface area contributed by atoms with Crippen molar-refractivity contribution in [3.05, 3.63) is 0 Å². The Morgan fingerprint density at radius 3 is 2.89 bits per heavy atom. The number of carbonyl (C=O) groups is 1. The number of hydrogen-bond acceptors (Lipinski definition) is 4. The summed E-state index contributed by atoms with van der Waals surface area (Å²) in [6.07, 6.45) is 0. The summed E-state index contributed by atoms with van der Waals surface area (Å²) in [5, 5.41) is 2.75. The van der Waals surface area contributed by atoms with Crippen LogP contribution in [0.15, 0.2) is 5.11 Å². The van der Waals surface area contributed by atoms with Gasteiger partial charge in [-0.2, -0.15) is 5.11 Å². The lowest BCUT2D eigenvalue weighted by molar-refractivity contribution is -0.142. The van der Waals surface area contributed by atoms with E-state index in [2.05, 4.69) is 9.85 Å². The lowest BCUT2D eigenvalue weighted by Crippen LogP contribution is -2.14. The molecule has 1 N–H and O–H groups in total. The van der Waals surface area contributed by atoms with Gasteiger partial charge in [-0.3, -0.25) is 0 Å². The van der Waals surface area contributed by atoms with Crippen LogP contribution in [-0.4, -0.2) is 18.1 Å². The van der Waals surface area contributed by atoms with E-state index in [9.17, 15) is 4.79 Å². The number of rotatable bonds is 3. The van der Waals surface area contributed by atoms with E-state index in [1.165, 1.54) is 0 Å². The Kier molecular flexibility index (Phi) is 3.96. The highest BCUT2D eigenvalue weighted by molar-refractivity contribution is 6.29. The quantitative estimate of drug-likeness (QED) is 0.284. The average Bonchev–Trinajstić information content (AvgIpc) is 1.87. The topological polar surface area (TPSA) is 62.5 Å². The molecule has 0 saturated heterocycles. The average molecular weight is 151 g/mol. The number of hydrogen-bond donors (Lipinski definition) is 1. The lowest BCUT2D eigenvalue weighted by Gasteiger charge is -1.99. The standard InChI is InChI=1S/C4H7ClN2O2/c1-2-9-4(8)3(5)7-6/h3,6H,2H2,1H3. The molecule has 0 fully saturated rings. The molecular weight excluding hydrogens is 144 g/mol. The van der Waals surface area contributed by atoms with Crippen LogP contribution in [-0.2, 0) is 9.53 Å².